The second-order valence-electron chi connectivity index (χ2n) is 15.1. The van der Waals surface area contributed by atoms with E-state index in [1.54, 1.807) is 50.2 Å². The van der Waals surface area contributed by atoms with Crippen molar-refractivity contribution in [2.75, 3.05) is 18.9 Å². The van der Waals surface area contributed by atoms with E-state index in [0.717, 1.165) is 70.8 Å². The Hall–Kier alpha value is -6.50. The van der Waals surface area contributed by atoms with Gasteiger partial charge in [0.15, 0.2) is 0 Å². The molecule has 0 amide bonds. The van der Waals surface area contributed by atoms with E-state index in [9.17, 15) is 60.0 Å². The predicted octanol–water partition coefficient (Wildman–Crippen LogP) is 10.2. The van der Waals surface area contributed by atoms with E-state index in [-0.39, 0.29) is 32.5 Å². The van der Waals surface area contributed by atoms with Crippen molar-refractivity contribution in [3.05, 3.63) is 155 Å². The summed E-state index contributed by atoms with van der Waals surface area (Å²) in [6.45, 7) is 10.6. The first-order valence-electron chi connectivity index (χ1n) is 19.5. The third-order valence-corrected chi connectivity index (χ3v) is 15.2. The molecule has 364 valence electrons. The highest BCUT2D eigenvalue weighted by Crippen LogP contribution is 2.34. The van der Waals surface area contributed by atoms with E-state index in [4.69, 9.17) is 0 Å². The molecule has 0 radical (unpaired) electrons. The molecule has 68 heavy (non-hydrogen) atoms. The molecule has 0 aliphatic heterocycles. The average Bonchev–Trinajstić information content (AvgIpc) is 3.21. The number of sulfonamides is 4. The molecule has 6 aromatic carbocycles. The van der Waals surface area contributed by atoms with Crippen LogP contribution in [0.5, 0.6) is 11.5 Å². The molecule has 24 heteroatoms. The van der Waals surface area contributed by atoms with E-state index in [1.807, 2.05) is 27.7 Å². The van der Waals surface area contributed by atoms with Crippen LogP contribution < -0.4 is 28.4 Å². The van der Waals surface area contributed by atoms with Crippen LogP contribution in [0.1, 0.15) is 33.4 Å². The number of rotatable bonds is 14. The van der Waals surface area contributed by atoms with Crippen LogP contribution in [0.3, 0.4) is 0 Å². The molecule has 0 aliphatic rings. The van der Waals surface area contributed by atoms with Crippen molar-refractivity contribution in [3.63, 3.8) is 0 Å². The van der Waals surface area contributed by atoms with Crippen LogP contribution in [0.25, 0.3) is 0 Å². The monoisotopic (exact) mass is 1030 g/mol. The molecule has 0 spiro atoms. The number of anilines is 4. The van der Waals surface area contributed by atoms with Crippen LogP contribution in [0.4, 0.5) is 49.1 Å². The lowest BCUT2D eigenvalue weighted by atomic mass is 10.1. The number of ether oxygens (including phenoxy) is 2. The molecule has 0 heterocycles. The molecule has 0 fully saturated rings. The Morgan fingerprint density at radius 1 is 0.338 bits per heavy atom. The largest absolute Gasteiger partial charge is 0.573 e. The third-order valence-electron chi connectivity index (χ3n) is 9.64. The van der Waals surface area contributed by atoms with Crippen LogP contribution in [0.2, 0.25) is 0 Å². The minimum atomic E-state index is -4.98. The van der Waals surface area contributed by atoms with Gasteiger partial charge in [0.1, 0.15) is 11.5 Å². The maximum absolute atomic E-state index is 12.9. The smallest absolute Gasteiger partial charge is 0.406 e. The van der Waals surface area contributed by atoms with Crippen LogP contribution in [-0.4, -0.2) is 46.4 Å². The molecule has 0 unspecified atom stereocenters. The number of alkyl halides is 6. The fourth-order valence-electron chi connectivity index (χ4n) is 5.86. The lowest BCUT2D eigenvalue weighted by Crippen LogP contribution is -2.19. The van der Waals surface area contributed by atoms with Gasteiger partial charge in [0.2, 0.25) is 0 Å². The van der Waals surface area contributed by atoms with E-state index >= 15 is 0 Å². The molecule has 0 bridgehead atoms. The molecule has 0 aromatic heterocycles. The Kier molecular flexibility index (Phi) is 15.4. The SMILES string of the molecule is Cc1cc(NS(=O)(=O)c2ccc(OC(F)(F)F)cc2)c(NS(=O)(=O)c2ccc(OC(F)(F)F)cc2)cc1C.Cc1ccc(S(=O)(=O)Nc2cc(C)c(C)cc2NS(=O)(=O)c2ccc(C)cc2)cc1. The Labute approximate surface area is 389 Å². The summed E-state index contributed by atoms with van der Waals surface area (Å²) in [5.41, 5.74) is 4.54. The van der Waals surface area contributed by atoms with Gasteiger partial charge in [0.05, 0.1) is 42.3 Å². The van der Waals surface area contributed by atoms with Gasteiger partial charge in [0.25, 0.3) is 40.1 Å². The summed E-state index contributed by atoms with van der Waals surface area (Å²) >= 11 is 0. The van der Waals surface area contributed by atoms with Gasteiger partial charge < -0.3 is 9.47 Å². The predicted molar refractivity (Wildman–Crippen MR) is 244 cm³/mol. The quantitative estimate of drug-likeness (QED) is 0.0761. The third kappa shape index (κ3) is 14.3. The zero-order valence-corrected chi connectivity index (χ0v) is 39.8. The van der Waals surface area contributed by atoms with Crippen LogP contribution >= 0.6 is 0 Å². The van der Waals surface area contributed by atoms with Gasteiger partial charge in [-0.05, 0) is 161 Å². The molecule has 6 aromatic rings. The first-order chi connectivity index (χ1) is 31.3. The highest BCUT2D eigenvalue weighted by atomic mass is 32.2. The summed E-state index contributed by atoms with van der Waals surface area (Å²) < 4.78 is 194. The molecule has 0 aliphatic carbocycles. The second kappa shape index (κ2) is 20.0. The number of nitrogens with one attached hydrogen (secondary N) is 4. The summed E-state index contributed by atoms with van der Waals surface area (Å²) in [5, 5.41) is 0. The molecule has 6 rings (SSSR count). The lowest BCUT2D eigenvalue weighted by molar-refractivity contribution is -0.275. The number of benzene rings is 6. The number of aryl methyl sites for hydroxylation is 6. The second-order valence-corrected chi connectivity index (χ2v) is 21.8. The number of hydrogen-bond acceptors (Lipinski definition) is 10. The highest BCUT2D eigenvalue weighted by Gasteiger charge is 2.32. The van der Waals surface area contributed by atoms with E-state index in [2.05, 4.69) is 28.4 Å². The normalized spacial score (nSPS) is 12.3. The van der Waals surface area contributed by atoms with Crippen molar-refractivity contribution < 1.29 is 69.5 Å². The van der Waals surface area contributed by atoms with Crippen molar-refractivity contribution >= 4 is 62.8 Å². The van der Waals surface area contributed by atoms with Crippen molar-refractivity contribution in [1.82, 2.24) is 0 Å². The van der Waals surface area contributed by atoms with Crippen LogP contribution in [0.15, 0.2) is 141 Å². The minimum absolute atomic E-state index is 0.0960. The maximum Gasteiger partial charge on any atom is 0.573 e. The van der Waals surface area contributed by atoms with E-state index in [0.29, 0.717) is 11.1 Å². The van der Waals surface area contributed by atoms with Crippen molar-refractivity contribution in [2.45, 2.75) is 73.8 Å². The van der Waals surface area contributed by atoms with Gasteiger partial charge in [0, 0.05) is 0 Å². The Morgan fingerprint density at radius 2 is 0.529 bits per heavy atom. The Morgan fingerprint density at radius 3 is 0.721 bits per heavy atom. The minimum Gasteiger partial charge on any atom is -0.406 e. The summed E-state index contributed by atoms with van der Waals surface area (Å²) in [6.07, 6.45) is -9.95. The lowest BCUT2D eigenvalue weighted by Gasteiger charge is -2.17. The van der Waals surface area contributed by atoms with E-state index < -0.39 is 74.1 Å². The Balaban J connectivity index is 0.000000261. The molecule has 14 nitrogen and oxygen atoms in total. The van der Waals surface area contributed by atoms with Crippen molar-refractivity contribution in [2.24, 2.45) is 0 Å². The molecule has 0 atom stereocenters. The van der Waals surface area contributed by atoms with Gasteiger partial charge in [-0.25, -0.2) is 33.7 Å². The summed E-state index contributed by atoms with van der Waals surface area (Å²) in [4.78, 5) is -0.698. The zero-order valence-electron chi connectivity index (χ0n) is 36.5. The Bertz CT molecular complexity index is 3030. The fourth-order valence-corrected chi connectivity index (χ4v) is 10.1. The van der Waals surface area contributed by atoms with Gasteiger partial charge in [-0.1, -0.05) is 35.4 Å². The highest BCUT2D eigenvalue weighted by molar-refractivity contribution is 7.93. The standard InChI is InChI=1S/C22H18F6N2O6S2.C22H24N2O4S2/c1-13-11-19(29-37(31,32)17-7-3-15(4-8-17)35-21(23,24)25)20(12-14(13)2)30-38(33,34)18-9-5-16(6-10-18)36-22(26,27)28;1-15-5-9-19(10-6-15)29(25,26)23-21-13-17(3)18(4)14-22(21)24-30(27,28)20-11-7-16(2)8-12-20/h3-12,29-30H,1-2H3;5-14,23-24H,1-4H3. The van der Waals surface area contributed by atoms with Crippen LogP contribution in [0, 0.1) is 41.5 Å². The van der Waals surface area contributed by atoms with Crippen molar-refractivity contribution in [3.8, 4) is 11.5 Å². The van der Waals surface area contributed by atoms with Gasteiger partial charge in [-0.15, -0.1) is 26.3 Å². The number of hydrogen-bond donors (Lipinski definition) is 4. The topological polar surface area (TPSA) is 203 Å². The molecule has 0 saturated heterocycles. The van der Waals surface area contributed by atoms with Gasteiger partial charge >= 0.3 is 12.7 Å². The van der Waals surface area contributed by atoms with Gasteiger partial charge in [-0.2, -0.15) is 0 Å². The first-order valence-corrected chi connectivity index (χ1v) is 25.4. The summed E-state index contributed by atoms with van der Waals surface area (Å²) in [7, 11) is -16.6. The molecule has 0 saturated carbocycles. The van der Waals surface area contributed by atoms with E-state index in [1.165, 1.54) is 36.4 Å². The van der Waals surface area contributed by atoms with Crippen LogP contribution in [-0.2, 0) is 40.1 Å². The summed E-state index contributed by atoms with van der Waals surface area (Å²) in [5.74, 6) is -1.30. The molecular formula is C44H42F6N4O10S4. The number of halogens is 6. The fraction of sp³-hybridized carbons (Fsp3) is 0.182. The maximum atomic E-state index is 12.9. The average molecular weight is 1030 g/mol. The zero-order chi connectivity index (χ0) is 50.6. The molecule has 4 N–H and O–H groups in total. The summed E-state index contributed by atoms with van der Waals surface area (Å²) in [6, 6.07) is 25.3. The first kappa shape index (κ1) is 52.5. The van der Waals surface area contributed by atoms with Gasteiger partial charge in [-0.3, -0.25) is 18.9 Å². The van der Waals surface area contributed by atoms with Crippen molar-refractivity contribution in [1.29, 1.82) is 0 Å². The molecular weight excluding hydrogens is 987 g/mol.